The predicted molar refractivity (Wildman–Crippen MR) is 101 cm³/mol. The molecule has 0 amide bonds. The Morgan fingerprint density at radius 2 is 2.08 bits per heavy atom. The van der Waals surface area contributed by atoms with Crippen LogP contribution in [0.15, 0.2) is 12.3 Å². The quantitative estimate of drug-likeness (QED) is 0.629. The van der Waals surface area contributed by atoms with Gasteiger partial charge in [0.25, 0.3) is 0 Å². The van der Waals surface area contributed by atoms with E-state index in [1.54, 1.807) is 0 Å². The predicted octanol–water partition coefficient (Wildman–Crippen LogP) is 3.03. The smallest absolute Gasteiger partial charge is 0.337 e. The van der Waals surface area contributed by atoms with Gasteiger partial charge in [0.15, 0.2) is 5.60 Å². The molecule has 3 atom stereocenters. The summed E-state index contributed by atoms with van der Waals surface area (Å²) in [5.41, 5.74) is 7.31. The van der Waals surface area contributed by atoms with Crippen molar-refractivity contribution in [1.82, 2.24) is 4.98 Å². The zero-order chi connectivity index (χ0) is 18.9. The summed E-state index contributed by atoms with van der Waals surface area (Å²) in [6.07, 6.45) is 9.74. The number of aliphatic hydroxyl groups is 1. The van der Waals surface area contributed by atoms with Gasteiger partial charge in [0.05, 0.1) is 0 Å². The van der Waals surface area contributed by atoms with Crippen LogP contribution in [0.1, 0.15) is 75.1 Å². The van der Waals surface area contributed by atoms with Crippen LogP contribution < -0.4 is 5.73 Å². The van der Waals surface area contributed by atoms with Crippen molar-refractivity contribution in [3.05, 3.63) is 29.1 Å². The van der Waals surface area contributed by atoms with Crippen LogP contribution in [-0.2, 0) is 17.6 Å². The minimum Gasteiger partial charge on any atom is -0.479 e. The number of pyridine rings is 1. The molecule has 0 radical (unpaired) electrons. The average Bonchev–Trinajstić information content (AvgIpc) is 3.32. The van der Waals surface area contributed by atoms with Crippen LogP contribution in [-0.4, -0.2) is 32.8 Å². The zero-order valence-electron chi connectivity index (χ0n) is 15.9. The molecule has 5 nitrogen and oxygen atoms in total. The van der Waals surface area contributed by atoms with E-state index in [2.05, 4.69) is 4.98 Å². The Morgan fingerprint density at radius 1 is 1.35 bits per heavy atom. The summed E-state index contributed by atoms with van der Waals surface area (Å²) >= 11 is 0. The third-order valence-corrected chi connectivity index (χ3v) is 6.06. The summed E-state index contributed by atoms with van der Waals surface area (Å²) in [5, 5.41) is 20.4. The molecule has 1 aromatic heterocycles. The number of nitrogens with zero attached hydrogens (tertiary/aromatic N) is 1. The van der Waals surface area contributed by atoms with E-state index in [1.165, 1.54) is 36.8 Å². The average molecular weight is 360 g/mol. The first-order valence-electron chi connectivity index (χ1n) is 9.98. The van der Waals surface area contributed by atoms with Gasteiger partial charge in [0, 0.05) is 24.4 Å². The molecule has 1 heterocycles. The summed E-state index contributed by atoms with van der Waals surface area (Å²) in [6, 6.07) is 1.20. The van der Waals surface area contributed by atoms with Gasteiger partial charge in [-0.2, -0.15) is 0 Å². The Balaban J connectivity index is 1.75. The molecule has 0 bridgehead atoms. The molecule has 2 aliphatic rings. The van der Waals surface area contributed by atoms with Crippen molar-refractivity contribution in [2.45, 2.75) is 82.8 Å². The van der Waals surface area contributed by atoms with Gasteiger partial charge in [-0.05, 0) is 67.1 Å². The van der Waals surface area contributed by atoms with E-state index in [-0.39, 0.29) is 12.3 Å². The van der Waals surface area contributed by atoms with Crippen molar-refractivity contribution in [2.75, 3.05) is 0 Å². The van der Waals surface area contributed by atoms with E-state index in [0.717, 1.165) is 18.8 Å². The Hall–Kier alpha value is -1.46. The van der Waals surface area contributed by atoms with Gasteiger partial charge in [-0.15, -0.1) is 0 Å². The molecule has 5 heteroatoms. The highest BCUT2D eigenvalue weighted by Gasteiger charge is 2.43. The number of carboxylic acids is 1. The lowest BCUT2D eigenvalue weighted by molar-refractivity contribution is -0.161. The molecule has 1 saturated carbocycles. The van der Waals surface area contributed by atoms with Crippen LogP contribution in [0.25, 0.3) is 0 Å². The van der Waals surface area contributed by atoms with Gasteiger partial charge in [0.1, 0.15) is 0 Å². The van der Waals surface area contributed by atoms with Gasteiger partial charge in [-0.25, -0.2) is 4.79 Å². The minimum atomic E-state index is -1.98. The van der Waals surface area contributed by atoms with Crippen LogP contribution in [0, 0.1) is 11.8 Å². The number of aromatic nitrogens is 1. The van der Waals surface area contributed by atoms with Crippen LogP contribution in [0.3, 0.4) is 0 Å². The molecule has 0 unspecified atom stereocenters. The third kappa shape index (κ3) is 4.26. The molecule has 3 rings (SSSR count). The number of nitrogens with two attached hydrogens (primary N) is 1. The van der Waals surface area contributed by atoms with Gasteiger partial charge in [-0.3, -0.25) is 4.98 Å². The lowest BCUT2D eigenvalue weighted by Gasteiger charge is -2.30. The topological polar surface area (TPSA) is 96.4 Å². The maximum atomic E-state index is 11.8. The lowest BCUT2D eigenvalue weighted by Crippen LogP contribution is -2.56. The molecule has 144 valence electrons. The fourth-order valence-electron chi connectivity index (χ4n) is 4.20. The molecule has 0 saturated heterocycles. The monoisotopic (exact) mass is 360 g/mol. The molecule has 4 N–H and O–H groups in total. The minimum absolute atomic E-state index is 0.0428. The van der Waals surface area contributed by atoms with Crippen LogP contribution in [0.5, 0.6) is 0 Å². The highest BCUT2D eigenvalue weighted by atomic mass is 16.4. The molecular weight excluding hydrogens is 328 g/mol. The van der Waals surface area contributed by atoms with Crippen molar-refractivity contribution >= 4 is 5.97 Å². The first-order chi connectivity index (χ1) is 12.3. The Morgan fingerprint density at radius 3 is 2.69 bits per heavy atom. The third-order valence-electron chi connectivity index (χ3n) is 6.06. The Kier molecular flexibility index (Phi) is 5.68. The van der Waals surface area contributed by atoms with Crippen LogP contribution in [0.2, 0.25) is 0 Å². The Labute approximate surface area is 156 Å². The van der Waals surface area contributed by atoms with E-state index in [1.807, 2.05) is 26.1 Å². The molecular formula is C21H32N2O3. The van der Waals surface area contributed by atoms with Gasteiger partial charge >= 0.3 is 5.97 Å². The summed E-state index contributed by atoms with van der Waals surface area (Å²) in [6.45, 7) is 3.94. The number of hydrogen-bond acceptors (Lipinski definition) is 4. The normalized spacial score (nSPS) is 22.9. The maximum Gasteiger partial charge on any atom is 0.337 e. The van der Waals surface area contributed by atoms with Gasteiger partial charge in [-0.1, -0.05) is 26.7 Å². The van der Waals surface area contributed by atoms with E-state index >= 15 is 0 Å². The molecule has 1 fully saturated rings. The van der Waals surface area contributed by atoms with E-state index in [4.69, 9.17) is 5.73 Å². The second-order valence-corrected chi connectivity index (χ2v) is 8.77. The first-order valence-corrected chi connectivity index (χ1v) is 9.98. The molecule has 1 aromatic rings. The van der Waals surface area contributed by atoms with Gasteiger partial charge < -0.3 is 15.9 Å². The molecule has 26 heavy (non-hydrogen) atoms. The number of aryl methyl sites for hydroxylation is 1. The summed E-state index contributed by atoms with van der Waals surface area (Å²) < 4.78 is 0. The largest absolute Gasteiger partial charge is 0.479 e. The van der Waals surface area contributed by atoms with Crippen LogP contribution >= 0.6 is 0 Å². The van der Waals surface area contributed by atoms with Crippen molar-refractivity contribution in [3.8, 4) is 0 Å². The van der Waals surface area contributed by atoms with Crippen molar-refractivity contribution in [2.24, 2.45) is 17.6 Å². The standard InChI is InChI=1S/C21H32N2O3/c1-13(2)9-19(22)21(26,20(24)25)11-17-10-18-15(6-5-14-3-4-14)7-8-16(18)12-23-17/h10,12-15,19,26H,3-9,11,22H2,1-2H3,(H,24,25)/t15-,19-,21+/m0/s1. The Bertz CT molecular complexity index is 657. The summed E-state index contributed by atoms with van der Waals surface area (Å²) in [5.74, 6) is 0.426. The van der Waals surface area contributed by atoms with Crippen LogP contribution in [0.4, 0.5) is 0 Å². The highest BCUT2D eigenvalue weighted by Crippen LogP contribution is 2.41. The van der Waals surface area contributed by atoms with Crippen molar-refractivity contribution < 1.29 is 15.0 Å². The van der Waals surface area contributed by atoms with Gasteiger partial charge in [0.2, 0.25) is 0 Å². The number of carboxylic acid groups (broad SMARTS) is 1. The molecule has 0 aliphatic heterocycles. The number of carbonyl (C=O) groups is 1. The van der Waals surface area contributed by atoms with E-state index in [0.29, 0.717) is 18.0 Å². The molecule has 2 aliphatic carbocycles. The number of hydrogen-bond donors (Lipinski definition) is 3. The fraction of sp³-hybridized carbons (Fsp3) is 0.714. The molecule has 0 aromatic carbocycles. The van der Waals surface area contributed by atoms with Crippen molar-refractivity contribution in [1.29, 1.82) is 0 Å². The number of fused-ring (bicyclic) bond motifs is 1. The number of rotatable bonds is 9. The number of aliphatic carboxylic acids is 1. The van der Waals surface area contributed by atoms with E-state index < -0.39 is 17.6 Å². The van der Waals surface area contributed by atoms with Crippen molar-refractivity contribution in [3.63, 3.8) is 0 Å². The SMILES string of the molecule is CC(C)C[C@H](N)[C@](O)(Cc1cc2c(cn1)CC[C@@H]2CCC1CC1)C(=O)O. The maximum absolute atomic E-state index is 11.8. The van der Waals surface area contributed by atoms with E-state index in [9.17, 15) is 15.0 Å². The first kappa shape index (κ1) is 19.3. The fourth-order valence-corrected chi connectivity index (χ4v) is 4.20. The zero-order valence-corrected chi connectivity index (χ0v) is 15.9. The second kappa shape index (κ2) is 7.65. The lowest BCUT2D eigenvalue weighted by atomic mass is 9.84. The second-order valence-electron chi connectivity index (χ2n) is 8.77. The highest BCUT2D eigenvalue weighted by molar-refractivity contribution is 5.78. The summed E-state index contributed by atoms with van der Waals surface area (Å²) in [7, 11) is 0. The summed E-state index contributed by atoms with van der Waals surface area (Å²) in [4.78, 5) is 16.2. The molecule has 0 spiro atoms.